The van der Waals surface area contributed by atoms with Gasteiger partial charge >= 0.3 is 0 Å². The van der Waals surface area contributed by atoms with E-state index in [1.165, 1.54) is 0 Å². The van der Waals surface area contributed by atoms with E-state index in [4.69, 9.17) is 11.6 Å². The summed E-state index contributed by atoms with van der Waals surface area (Å²) >= 11 is 5.56. The van der Waals surface area contributed by atoms with Gasteiger partial charge in [0.05, 0.1) is 12.1 Å². The molecule has 19 heavy (non-hydrogen) atoms. The summed E-state index contributed by atoms with van der Waals surface area (Å²) in [6.45, 7) is 4.84. The number of ketones is 1. The molecule has 0 radical (unpaired) electrons. The lowest BCUT2D eigenvalue weighted by molar-refractivity contribution is 0.102. The van der Waals surface area contributed by atoms with Crippen LogP contribution in [0.2, 0.25) is 0 Å². The van der Waals surface area contributed by atoms with E-state index in [0.29, 0.717) is 25.1 Å². The molecule has 1 N–H and O–H groups in total. The van der Waals surface area contributed by atoms with E-state index in [0.717, 1.165) is 17.6 Å². The first-order valence-electron chi connectivity index (χ1n) is 5.96. The molecule has 7 heteroatoms. The summed E-state index contributed by atoms with van der Waals surface area (Å²) in [4.78, 5) is 11.6. The minimum absolute atomic E-state index is 0.0278. The third-order valence-electron chi connectivity index (χ3n) is 2.92. The summed E-state index contributed by atoms with van der Waals surface area (Å²) in [5, 5.41) is 0. The van der Waals surface area contributed by atoms with Gasteiger partial charge in [0.15, 0.2) is 5.78 Å². The van der Waals surface area contributed by atoms with Gasteiger partial charge in [-0.15, -0.1) is 11.6 Å². The first kappa shape index (κ1) is 16.2. The van der Waals surface area contributed by atoms with E-state index in [9.17, 15) is 13.2 Å². The Kier molecular flexibility index (Phi) is 5.58. The number of carbonyl (C=O) groups excluding carboxylic acids is 1. The predicted molar refractivity (Wildman–Crippen MR) is 76.4 cm³/mol. The van der Waals surface area contributed by atoms with Crippen LogP contribution in [0.4, 0.5) is 0 Å². The number of hydrogen-bond acceptors (Lipinski definition) is 3. The minimum Gasteiger partial charge on any atom is -0.348 e. The van der Waals surface area contributed by atoms with Crippen LogP contribution in [-0.4, -0.2) is 37.4 Å². The molecule has 1 aromatic rings. The molecular formula is C12H19ClN2O3S. The molecule has 0 atom stereocenters. The number of aryl methyl sites for hydroxylation is 1. The molecule has 0 aliphatic carbocycles. The van der Waals surface area contributed by atoms with E-state index >= 15 is 0 Å². The molecule has 0 spiro atoms. The Labute approximate surface area is 119 Å². The average Bonchev–Trinajstić information content (AvgIpc) is 2.59. The van der Waals surface area contributed by atoms with Crippen molar-refractivity contribution in [2.24, 2.45) is 0 Å². The summed E-state index contributed by atoms with van der Waals surface area (Å²) in [5.41, 5.74) is 2.50. The quantitative estimate of drug-likeness (QED) is 0.471. The first-order valence-corrected chi connectivity index (χ1v) is 8.39. The summed E-state index contributed by atoms with van der Waals surface area (Å²) < 4.78 is 26.3. The second-order valence-electron chi connectivity index (χ2n) is 4.51. The molecule has 1 aromatic heterocycles. The SMILES string of the molecule is Cc1cc(C(=O)CCl)c(C)n1CCCNS(C)(=O)=O. The van der Waals surface area contributed by atoms with Gasteiger partial charge in [-0.1, -0.05) is 0 Å². The zero-order valence-corrected chi connectivity index (χ0v) is 12.9. The fraction of sp³-hybridized carbons (Fsp3) is 0.583. The van der Waals surface area contributed by atoms with Gasteiger partial charge in [-0.25, -0.2) is 13.1 Å². The molecule has 108 valence electrons. The normalized spacial score (nSPS) is 11.8. The Morgan fingerprint density at radius 2 is 2.05 bits per heavy atom. The molecular weight excluding hydrogens is 288 g/mol. The number of Topliss-reactive ketones (excluding diaryl/α,β-unsaturated/α-hetero) is 1. The highest BCUT2D eigenvalue weighted by Gasteiger charge is 2.14. The number of carbonyl (C=O) groups is 1. The second-order valence-corrected chi connectivity index (χ2v) is 6.61. The van der Waals surface area contributed by atoms with Crippen LogP contribution < -0.4 is 4.72 Å². The third kappa shape index (κ3) is 4.63. The van der Waals surface area contributed by atoms with Crippen molar-refractivity contribution in [3.63, 3.8) is 0 Å². The summed E-state index contributed by atoms with van der Waals surface area (Å²) in [6, 6.07) is 1.82. The molecule has 0 amide bonds. The maximum Gasteiger partial charge on any atom is 0.208 e. The predicted octanol–water partition coefficient (Wildman–Crippen LogP) is 1.47. The number of hydrogen-bond donors (Lipinski definition) is 1. The van der Waals surface area contributed by atoms with E-state index in [2.05, 4.69) is 4.72 Å². The number of nitrogens with zero attached hydrogens (tertiary/aromatic N) is 1. The first-order chi connectivity index (χ1) is 8.76. The van der Waals surface area contributed by atoms with Crippen molar-refractivity contribution in [3.8, 4) is 0 Å². The molecule has 5 nitrogen and oxygen atoms in total. The molecule has 0 saturated heterocycles. The number of sulfonamides is 1. The smallest absolute Gasteiger partial charge is 0.208 e. The molecule has 0 unspecified atom stereocenters. The standard InChI is InChI=1S/C12H19ClN2O3S/c1-9-7-11(12(16)8-13)10(2)15(9)6-4-5-14-19(3,17)18/h7,14H,4-6,8H2,1-3H3. The van der Waals surface area contributed by atoms with Crippen molar-refractivity contribution >= 4 is 27.4 Å². The minimum atomic E-state index is -3.14. The second kappa shape index (κ2) is 6.54. The maximum atomic E-state index is 11.6. The zero-order valence-electron chi connectivity index (χ0n) is 11.4. The monoisotopic (exact) mass is 306 g/mol. The summed E-state index contributed by atoms with van der Waals surface area (Å²) in [5.74, 6) is -0.116. The average molecular weight is 307 g/mol. The van der Waals surface area contributed by atoms with E-state index in [1.54, 1.807) is 0 Å². The van der Waals surface area contributed by atoms with E-state index < -0.39 is 10.0 Å². The van der Waals surface area contributed by atoms with E-state index in [1.807, 2.05) is 24.5 Å². The fourth-order valence-electron chi connectivity index (χ4n) is 1.99. The Bertz CT molecular complexity index is 564. The van der Waals surface area contributed by atoms with Crippen LogP contribution in [0, 0.1) is 13.8 Å². The van der Waals surface area contributed by atoms with Crippen LogP contribution in [-0.2, 0) is 16.6 Å². The van der Waals surface area contributed by atoms with Crippen LogP contribution in [0.25, 0.3) is 0 Å². The Morgan fingerprint density at radius 1 is 1.42 bits per heavy atom. The number of alkyl halides is 1. The highest BCUT2D eigenvalue weighted by Crippen LogP contribution is 2.16. The van der Waals surface area contributed by atoms with Crippen molar-refractivity contribution in [1.29, 1.82) is 0 Å². The topological polar surface area (TPSA) is 68.2 Å². The molecule has 0 aliphatic heterocycles. The van der Waals surface area contributed by atoms with Gasteiger partial charge in [-0.2, -0.15) is 0 Å². The van der Waals surface area contributed by atoms with Crippen molar-refractivity contribution in [1.82, 2.24) is 9.29 Å². The van der Waals surface area contributed by atoms with Gasteiger partial charge in [0.25, 0.3) is 0 Å². The lowest BCUT2D eigenvalue weighted by atomic mass is 10.2. The molecule has 0 aromatic carbocycles. The van der Waals surface area contributed by atoms with Crippen molar-refractivity contribution < 1.29 is 13.2 Å². The van der Waals surface area contributed by atoms with Crippen LogP contribution >= 0.6 is 11.6 Å². The summed E-state index contributed by atoms with van der Waals surface area (Å²) in [7, 11) is -3.14. The maximum absolute atomic E-state index is 11.6. The molecule has 0 saturated carbocycles. The molecule has 0 fully saturated rings. The zero-order chi connectivity index (χ0) is 14.6. The fourth-order valence-corrected chi connectivity index (χ4v) is 2.65. The number of rotatable bonds is 7. The Morgan fingerprint density at radius 3 is 2.58 bits per heavy atom. The number of aromatic nitrogens is 1. The van der Waals surface area contributed by atoms with Crippen molar-refractivity contribution in [3.05, 3.63) is 23.0 Å². The van der Waals surface area contributed by atoms with Gasteiger partial charge in [0.1, 0.15) is 0 Å². The molecule has 1 rings (SSSR count). The van der Waals surface area contributed by atoms with Crippen molar-refractivity contribution in [2.45, 2.75) is 26.8 Å². The third-order valence-corrected chi connectivity index (χ3v) is 3.89. The van der Waals surface area contributed by atoms with Crippen LogP contribution in [0.3, 0.4) is 0 Å². The highest BCUT2D eigenvalue weighted by molar-refractivity contribution is 7.88. The van der Waals surface area contributed by atoms with Gasteiger partial charge in [-0.05, 0) is 26.3 Å². The summed E-state index contributed by atoms with van der Waals surface area (Å²) in [6.07, 6.45) is 1.80. The van der Waals surface area contributed by atoms with E-state index in [-0.39, 0.29) is 11.7 Å². The Hall–Kier alpha value is -0.850. The van der Waals surface area contributed by atoms with Gasteiger partial charge < -0.3 is 4.57 Å². The molecule has 0 aliphatic rings. The van der Waals surface area contributed by atoms with Crippen molar-refractivity contribution in [2.75, 3.05) is 18.7 Å². The van der Waals surface area contributed by atoms with Gasteiger partial charge in [0, 0.05) is 30.0 Å². The lowest BCUT2D eigenvalue weighted by Crippen LogP contribution is -2.24. The van der Waals surface area contributed by atoms with Crippen LogP contribution in [0.15, 0.2) is 6.07 Å². The number of nitrogens with one attached hydrogen (secondary N) is 1. The molecule has 0 bridgehead atoms. The highest BCUT2D eigenvalue weighted by atomic mass is 35.5. The largest absolute Gasteiger partial charge is 0.348 e. The Balaban J connectivity index is 2.69. The van der Waals surface area contributed by atoms with Gasteiger partial charge in [-0.3, -0.25) is 4.79 Å². The number of halogens is 1. The van der Waals surface area contributed by atoms with Crippen LogP contribution in [0.1, 0.15) is 28.2 Å². The molecule has 1 heterocycles. The van der Waals surface area contributed by atoms with Crippen LogP contribution in [0.5, 0.6) is 0 Å². The lowest BCUT2D eigenvalue weighted by Gasteiger charge is -2.09. The van der Waals surface area contributed by atoms with Gasteiger partial charge in [0.2, 0.25) is 10.0 Å².